The normalized spacial score (nSPS) is 10.8. The fourth-order valence-corrected chi connectivity index (χ4v) is 1.76. The van der Waals surface area contributed by atoms with E-state index in [4.69, 9.17) is 21.1 Å². The third-order valence-electron chi connectivity index (χ3n) is 2.27. The largest absolute Gasteiger partial charge is 0.487 e. The lowest BCUT2D eigenvalue weighted by atomic mass is 10.2. The zero-order valence-electron chi connectivity index (χ0n) is 12.4. The first-order valence-electron chi connectivity index (χ1n) is 6.75. The Morgan fingerprint density at radius 2 is 1.75 bits per heavy atom. The topological polar surface area (TPSA) is 47.6 Å². The van der Waals surface area contributed by atoms with Gasteiger partial charge in [-0.3, -0.25) is 4.79 Å². The van der Waals surface area contributed by atoms with Crippen LogP contribution in [0.5, 0.6) is 11.5 Å². The van der Waals surface area contributed by atoms with E-state index in [1.54, 1.807) is 18.2 Å². The highest BCUT2D eigenvalue weighted by Crippen LogP contribution is 2.32. The van der Waals surface area contributed by atoms with Crippen LogP contribution in [0.15, 0.2) is 18.2 Å². The number of rotatable bonds is 7. The number of carbonyl (C=O) groups excluding carboxylic acids is 1. The van der Waals surface area contributed by atoms with E-state index >= 15 is 0 Å². The number of benzene rings is 1. The number of alkyl halides is 1. The van der Waals surface area contributed by atoms with Gasteiger partial charge < -0.3 is 14.8 Å². The predicted molar refractivity (Wildman–Crippen MR) is 81.9 cm³/mol. The van der Waals surface area contributed by atoms with Crippen LogP contribution < -0.4 is 14.8 Å². The van der Waals surface area contributed by atoms with Gasteiger partial charge in [0.1, 0.15) is 0 Å². The number of amides is 1. The van der Waals surface area contributed by atoms with Crippen molar-refractivity contribution >= 4 is 23.2 Å². The molecule has 1 aromatic carbocycles. The van der Waals surface area contributed by atoms with Crippen molar-refractivity contribution in [2.24, 2.45) is 0 Å². The number of carbonyl (C=O) groups is 1. The van der Waals surface area contributed by atoms with Gasteiger partial charge in [-0.25, -0.2) is 0 Å². The van der Waals surface area contributed by atoms with Crippen LogP contribution in [0.2, 0.25) is 0 Å². The summed E-state index contributed by atoms with van der Waals surface area (Å²) in [6, 6.07) is 5.36. The van der Waals surface area contributed by atoms with Crippen LogP contribution in [-0.4, -0.2) is 24.0 Å². The molecule has 1 rings (SSSR count). The summed E-state index contributed by atoms with van der Waals surface area (Å²) in [5, 5.41) is 2.78. The number of hydrogen-bond acceptors (Lipinski definition) is 3. The lowest BCUT2D eigenvalue weighted by Gasteiger charge is -2.18. The van der Waals surface area contributed by atoms with Gasteiger partial charge in [0.15, 0.2) is 11.5 Å². The summed E-state index contributed by atoms with van der Waals surface area (Å²) in [6.45, 7) is 7.79. The van der Waals surface area contributed by atoms with E-state index in [2.05, 4.69) is 5.32 Å². The van der Waals surface area contributed by atoms with Crippen molar-refractivity contribution in [3.8, 4) is 11.5 Å². The summed E-state index contributed by atoms with van der Waals surface area (Å²) < 4.78 is 11.4. The third-order valence-corrected chi connectivity index (χ3v) is 2.46. The van der Waals surface area contributed by atoms with E-state index in [1.165, 1.54) is 0 Å². The summed E-state index contributed by atoms with van der Waals surface area (Å²) >= 11 is 5.54. The van der Waals surface area contributed by atoms with Gasteiger partial charge in [-0.05, 0) is 39.8 Å². The smallest absolute Gasteiger partial charge is 0.225 e. The molecule has 0 saturated carbocycles. The summed E-state index contributed by atoms with van der Waals surface area (Å²) in [4.78, 5) is 11.5. The molecule has 1 amide bonds. The molecule has 0 aliphatic rings. The van der Waals surface area contributed by atoms with Crippen LogP contribution in [0.1, 0.15) is 34.1 Å². The van der Waals surface area contributed by atoms with Gasteiger partial charge in [-0.15, -0.1) is 11.6 Å². The van der Waals surface area contributed by atoms with Crippen LogP contribution >= 0.6 is 11.6 Å². The molecule has 0 atom stereocenters. The zero-order valence-corrected chi connectivity index (χ0v) is 13.2. The van der Waals surface area contributed by atoms with E-state index in [9.17, 15) is 4.79 Å². The average molecular weight is 300 g/mol. The standard InChI is InChI=1S/C15H22ClNO3/c1-10(2)19-13-6-5-12(17-15(18)7-8-16)9-14(13)20-11(3)4/h5-6,9-11H,7-8H2,1-4H3,(H,17,18). The Balaban J connectivity index is 2.91. The first-order chi connectivity index (χ1) is 9.42. The molecule has 1 N–H and O–H groups in total. The van der Waals surface area contributed by atoms with Gasteiger partial charge in [0.25, 0.3) is 0 Å². The molecular formula is C15H22ClNO3. The van der Waals surface area contributed by atoms with Crippen molar-refractivity contribution in [3.63, 3.8) is 0 Å². The highest BCUT2D eigenvalue weighted by molar-refractivity contribution is 6.19. The number of hydrogen-bond donors (Lipinski definition) is 1. The van der Waals surface area contributed by atoms with Crippen molar-refractivity contribution in [2.45, 2.75) is 46.3 Å². The van der Waals surface area contributed by atoms with Gasteiger partial charge in [-0.2, -0.15) is 0 Å². The molecule has 0 radical (unpaired) electrons. The molecule has 0 unspecified atom stereocenters. The zero-order chi connectivity index (χ0) is 15.1. The van der Waals surface area contributed by atoms with E-state index in [0.29, 0.717) is 23.1 Å². The Hall–Kier alpha value is -1.42. The third kappa shape index (κ3) is 5.70. The summed E-state index contributed by atoms with van der Waals surface area (Å²) in [6.07, 6.45) is 0.367. The highest BCUT2D eigenvalue weighted by atomic mass is 35.5. The lowest BCUT2D eigenvalue weighted by Crippen LogP contribution is -2.13. The van der Waals surface area contributed by atoms with Crippen LogP contribution in [-0.2, 0) is 4.79 Å². The van der Waals surface area contributed by atoms with Gasteiger partial charge in [0.05, 0.1) is 12.2 Å². The molecule has 0 fully saturated rings. The molecule has 0 spiro atoms. The molecule has 0 aliphatic heterocycles. The Morgan fingerprint density at radius 3 is 2.30 bits per heavy atom. The second-order valence-electron chi connectivity index (χ2n) is 4.98. The molecular weight excluding hydrogens is 278 g/mol. The maximum absolute atomic E-state index is 11.5. The molecule has 0 aromatic heterocycles. The average Bonchev–Trinajstić information content (AvgIpc) is 2.31. The second-order valence-corrected chi connectivity index (χ2v) is 5.36. The highest BCUT2D eigenvalue weighted by Gasteiger charge is 2.11. The number of ether oxygens (including phenoxy) is 2. The molecule has 4 nitrogen and oxygen atoms in total. The molecule has 1 aromatic rings. The number of halogens is 1. The van der Waals surface area contributed by atoms with E-state index in [1.807, 2.05) is 27.7 Å². The number of anilines is 1. The quantitative estimate of drug-likeness (QED) is 0.778. The number of nitrogens with one attached hydrogen (secondary N) is 1. The van der Waals surface area contributed by atoms with Crippen molar-refractivity contribution in [1.82, 2.24) is 0 Å². The minimum absolute atomic E-state index is 0.0262. The SMILES string of the molecule is CC(C)Oc1ccc(NC(=O)CCCl)cc1OC(C)C. The molecule has 0 aliphatic carbocycles. The van der Waals surface area contributed by atoms with Crippen molar-refractivity contribution < 1.29 is 14.3 Å². The second kappa shape index (κ2) is 8.00. The molecule has 112 valence electrons. The van der Waals surface area contributed by atoms with Crippen LogP contribution in [0.25, 0.3) is 0 Å². The molecule has 20 heavy (non-hydrogen) atoms. The van der Waals surface area contributed by atoms with Gasteiger partial charge >= 0.3 is 0 Å². The van der Waals surface area contributed by atoms with Crippen molar-refractivity contribution in [1.29, 1.82) is 0 Å². The van der Waals surface area contributed by atoms with E-state index in [0.717, 1.165) is 0 Å². The first kappa shape index (κ1) is 16.6. The predicted octanol–water partition coefficient (Wildman–Crippen LogP) is 3.83. The van der Waals surface area contributed by atoms with Crippen LogP contribution in [0.4, 0.5) is 5.69 Å². The van der Waals surface area contributed by atoms with E-state index in [-0.39, 0.29) is 24.5 Å². The molecule has 0 bridgehead atoms. The Labute approximate surface area is 125 Å². The van der Waals surface area contributed by atoms with Gasteiger partial charge in [-0.1, -0.05) is 0 Å². The Morgan fingerprint density at radius 1 is 1.15 bits per heavy atom. The minimum Gasteiger partial charge on any atom is -0.487 e. The van der Waals surface area contributed by atoms with Crippen molar-refractivity contribution in [3.05, 3.63) is 18.2 Å². The summed E-state index contributed by atoms with van der Waals surface area (Å²) in [5.41, 5.74) is 0.673. The summed E-state index contributed by atoms with van der Waals surface area (Å²) in [5.74, 6) is 1.48. The minimum atomic E-state index is -0.118. The fourth-order valence-electron chi connectivity index (χ4n) is 1.59. The van der Waals surface area contributed by atoms with Crippen LogP contribution in [0.3, 0.4) is 0 Å². The maximum Gasteiger partial charge on any atom is 0.225 e. The molecule has 0 saturated heterocycles. The van der Waals surface area contributed by atoms with Gasteiger partial charge in [0, 0.05) is 24.1 Å². The van der Waals surface area contributed by atoms with Crippen LogP contribution in [0, 0.1) is 0 Å². The Kier molecular flexibility index (Phi) is 6.65. The van der Waals surface area contributed by atoms with Gasteiger partial charge in [0.2, 0.25) is 5.91 Å². The Bertz CT molecular complexity index is 447. The fraction of sp³-hybridized carbons (Fsp3) is 0.533. The van der Waals surface area contributed by atoms with Crippen molar-refractivity contribution in [2.75, 3.05) is 11.2 Å². The first-order valence-corrected chi connectivity index (χ1v) is 7.29. The molecule has 5 heteroatoms. The maximum atomic E-state index is 11.5. The lowest BCUT2D eigenvalue weighted by molar-refractivity contribution is -0.115. The summed E-state index contributed by atoms with van der Waals surface area (Å²) in [7, 11) is 0. The van der Waals surface area contributed by atoms with E-state index < -0.39 is 0 Å². The molecule has 0 heterocycles. The monoisotopic (exact) mass is 299 g/mol.